The molecule has 0 saturated carbocycles. The molecule has 3 nitrogen and oxygen atoms in total. The number of hydrogen-bond acceptors (Lipinski definition) is 3. The van der Waals surface area contributed by atoms with E-state index in [-0.39, 0.29) is 12.1 Å². The van der Waals surface area contributed by atoms with Crippen LogP contribution in [0, 0.1) is 17.8 Å². The Morgan fingerprint density at radius 2 is 1.91 bits per heavy atom. The van der Waals surface area contributed by atoms with Crippen LogP contribution >= 0.6 is 0 Å². The van der Waals surface area contributed by atoms with Gasteiger partial charge in [0.25, 0.3) is 0 Å². The van der Waals surface area contributed by atoms with E-state index in [9.17, 15) is 4.79 Å². The molecular formula is C20H31NO2. The Labute approximate surface area is 140 Å². The number of hydrogen-bond donors (Lipinski definition) is 1. The highest BCUT2D eigenvalue weighted by atomic mass is 16.5. The highest BCUT2D eigenvalue weighted by Gasteiger charge is 2.32. The summed E-state index contributed by atoms with van der Waals surface area (Å²) in [5.74, 6) is 1.29. The Bertz CT molecular complexity index is 486. The van der Waals surface area contributed by atoms with E-state index < -0.39 is 6.04 Å². The number of esters is 1. The molecule has 128 valence electrons. The Balaban J connectivity index is 2.20. The van der Waals surface area contributed by atoms with Gasteiger partial charge in [0.2, 0.25) is 0 Å². The highest BCUT2D eigenvalue weighted by molar-refractivity contribution is 5.75. The summed E-state index contributed by atoms with van der Waals surface area (Å²) in [4.78, 5) is 12.1. The second-order valence-corrected chi connectivity index (χ2v) is 7.42. The lowest BCUT2D eigenvalue weighted by Gasteiger charge is -2.32. The fraction of sp³-hybridized carbons (Fsp3) is 0.650. The first-order valence-corrected chi connectivity index (χ1v) is 8.97. The summed E-state index contributed by atoms with van der Waals surface area (Å²) in [6, 6.07) is 10.2. The lowest BCUT2D eigenvalue weighted by Crippen LogP contribution is -2.37. The van der Waals surface area contributed by atoms with Gasteiger partial charge in [0, 0.05) is 0 Å². The fourth-order valence-corrected chi connectivity index (χ4v) is 3.77. The van der Waals surface area contributed by atoms with Crippen LogP contribution in [-0.4, -0.2) is 18.1 Å². The molecule has 0 spiro atoms. The molecule has 3 heteroatoms. The third-order valence-electron chi connectivity index (χ3n) is 4.99. The van der Waals surface area contributed by atoms with Crippen LogP contribution in [0.2, 0.25) is 0 Å². The molecule has 1 heterocycles. The predicted octanol–water partition coefficient (Wildman–Crippen LogP) is 3.95. The fourth-order valence-electron chi connectivity index (χ4n) is 3.77. The van der Waals surface area contributed by atoms with Crippen molar-refractivity contribution in [2.24, 2.45) is 23.5 Å². The number of carbonyl (C=O) groups is 1. The number of cyclic esters (lactones) is 1. The van der Waals surface area contributed by atoms with Crippen molar-refractivity contribution in [2.45, 2.75) is 65.0 Å². The maximum absolute atomic E-state index is 12.1. The standard InChI is InChI=1S/C20H31NO2/c1-14(2)12-18-15(3)23-20(22)19(21)11-7-10-17(18)13-16-8-5-4-6-9-16/h4-6,8-9,14-15,17-19H,7,10-13,21H2,1-3H3. The van der Waals surface area contributed by atoms with Gasteiger partial charge in [-0.2, -0.15) is 0 Å². The highest BCUT2D eigenvalue weighted by Crippen LogP contribution is 2.33. The summed E-state index contributed by atoms with van der Waals surface area (Å²) >= 11 is 0. The minimum atomic E-state index is -0.465. The smallest absolute Gasteiger partial charge is 0.323 e. The van der Waals surface area contributed by atoms with Gasteiger partial charge in [-0.15, -0.1) is 0 Å². The molecule has 0 aliphatic carbocycles. The SMILES string of the molecule is CC(C)CC1C(Cc2ccccc2)CCCC(N)C(=O)OC1C. The second-order valence-electron chi connectivity index (χ2n) is 7.42. The van der Waals surface area contributed by atoms with Crippen molar-refractivity contribution < 1.29 is 9.53 Å². The third-order valence-corrected chi connectivity index (χ3v) is 4.99. The molecule has 2 rings (SSSR count). The summed E-state index contributed by atoms with van der Waals surface area (Å²) in [7, 11) is 0. The zero-order valence-corrected chi connectivity index (χ0v) is 14.7. The first-order valence-electron chi connectivity index (χ1n) is 8.97. The Hall–Kier alpha value is -1.35. The van der Waals surface area contributed by atoms with Crippen LogP contribution in [0.25, 0.3) is 0 Å². The van der Waals surface area contributed by atoms with E-state index in [1.165, 1.54) is 5.56 Å². The number of rotatable bonds is 4. The van der Waals surface area contributed by atoms with E-state index in [4.69, 9.17) is 10.5 Å². The van der Waals surface area contributed by atoms with E-state index in [0.29, 0.717) is 17.8 Å². The molecule has 23 heavy (non-hydrogen) atoms. The Morgan fingerprint density at radius 3 is 2.57 bits per heavy atom. The van der Waals surface area contributed by atoms with Crippen molar-refractivity contribution >= 4 is 5.97 Å². The first-order chi connectivity index (χ1) is 11.0. The first kappa shape index (κ1) is 18.0. The minimum absolute atomic E-state index is 0.0669. The monoisotopic (exact) mass is 317 g/mol. The molecule has 0 radical (unpaired) electrons. The Morgan fingerprint density at radius 1 is 1.22 bits per heavy atom. The van der Waals surface area contributed by atoms with E-state index in [0.717, 1.165) is 32.1 Å². The van der Waals surface area contributed by atoms with E-state index in [1.54, 1.807) is 0 Å². The molecule has 1 aromatic carbocycles. The minimum Gasteiger partial charge on any atom is -0.461 e. The molecule has 1 saturated heterocycles. The predicted molar refractivity (Wildman–Crippen MR) is 94.0 cm³/mol. The summed E-state index contributed by atoms with van der Waals surface area (Å²) in [5, 5.41) is 0. The summed E-state index contributed by atoms with van der Waals surface area (Å²) < 4.78 is 5.70. The van der Waals surface area contributed by atoms with Gasteiger partial charge in [-0.05, 0) is 55.9 Å². The average Bonchev–Trinajstić information content (AvgIpc) is 2.55. The molecule has 2 N–H and O–H groups in total. The van der Waals surface area contributed by atoms with Gasteiger partial charge in [-0.1, -0.05) is 50.6 Å². The lowest BCUT2D eigenvalue weighted by molar-refractivity contribution is -0.153. The van der Waals surface area contributed by atoms with E-state index >= 15 is 0 Å². The second kappa shape index (κ2) is 8.49. The molecule has 1 aromatic rings. The average molecular weight is 317 g/mol. The van der Waals surface area contributed by atoms with Gasteiger partial charge in [0.15, 0.2) is 0 Å². The van der Waals surface area contributed by atoms with Crippen LogP contribution in [-0.2, 0) is 16.0 Å². The van der Waals surface area contributed by atoms with Crippen LogP contribution in [0.1, 0.15) is 52.0 Å². The molecule has 1 fully saturated rings. The molecule has 1 aliphatic rings. The van der Waals surface area contributed by atoms with E-state index in [1.807, 2.05) is 6.92 Å². The van der Waals surface area contributed by atoms with Crippen LogP contribution in [0.15, 0.2) is 30.3 Å². The lowest BCUT2D eigenvalue weighted by atomic mass is 9.76. The zero-order chi connectivity index (χ0) is 16.8. The molecule has 0 bridgehead atoms. The van der Waals surface area contributed by atoms with Gasteiger partial charge in [-0.3, -0.25) is 4.79 Å². The summed E-state index contributed by atoms with van der Waals surface area (Å²) in [6.07, 6.45) is 4.90. The van der Waals surface area contributed by atoms with Crippen LogP contribution < -0.4 is 5.73 Å². The van der Waals surface area contributed by atoms with Crippen molar-refractivity contribution in [3.05, 3.63) is 35.9 Å². The van der Waals surface area contributed by atoms with Crippen molar-refractivity contribution in [1.82, 2.24) is 0 Å². The molecule has 0 aromatic heterocycles. The van der Waals surface area contributed by atoms with Gasteiger partial charge in [-0.25, -0.2) is 0 Å². The number of carbonyl (C=O) groups excluding carboxylic acids is 1. The molecule has 1 aliphatic heterocycles. The maximum atomic E-state index is 12.1. The van der Waals surface area contributed by atoms with Gasteiger partial charge in [0.05, 0.1) is 0 Å². The van der Waals surface area contributed by atoms with Crippen LogP contribution in [0.4, 0.5) is 0 Å². The van der Waals surface area contributed by atoms with Gasteiger partial charge in [0.1, 0.15) is 12.1 Å². The number of ether oxygens (including phenoxy) is 1. The topological polar surface area (TPSA) is 52.3 Å². The quantitative estimate of drug-likeness (QED) is 0.855. The number of benzene rings is 1. The zero-order valence-electron chi connectivity index (χ0n) is 14.7. The summed E-state index contributed by atoms with van der Waals surface area (Å²) in [5.41, 5.74) is 7.32. The van der Waals surface area contributed by atoms with E-state index in [2.05, 4.69) is 44.2 Å². The number of nitrogens with two attached hydrogens (primary N) is 1. The molecule has 4 atom stereocenters. The molecule has 4 unspecified atom stereocenters. The third kappa shape index (κ3) is 5.35. The van der Waals surface area contributed by atoms with Crippen LogP contribution in [0.5, 0.6) is 0 Å². The van der Waals surface area contributed by atoms with Crippen molar-refractivity contribution in [3.8, 4) is 0 Å². The normalized spacial score (nSPS) is 29.5. The Kier molecular flexibility index (Phi) is 6.64. The van der Waals surface area contributed by atoms with Gasteiger partial charge < -0.3 is 10.5 Å². The largest absolute Gasteiger partial charge is 0.461 e. The maximum Gasteiger partial charge on any atom is 0.323 e. The van der Waals surface area contributed by atoms with Crippen molar-refractivity contribution in [3.63, 3.8) is 0 Å². The van der Waals surface area contributed by atoms with Crippen LogP contribution in [0.3, 0.4) is 0 Å². The van der Waals surface area contributed by atoms with Crippen molar-refractivity contribution in [2.75, 3.05) is 0 Å². The van der Waals surface area contributed by atoms with Gasteiger partial charge >= 0.3 is 5.97 Å². The summed E-state index contributed by atoms with van der Waals surface area (Å²) in [6.45, 7) is 6.53. The molecule has 0 amide bonds. The molecular weight excluding hydrogens is 286 g/mol. The van der Waals surface area contributed by atoms with Crippen molar-refractivity contribution in [1.29, 1.82) is 0 Å².